The van der Waals surface area contributed by atoms with Gasteiger partial charge in [-0.25, -0.2) is 5.43 Å². The fourth-order valence-electron chi connectivity index (χ4n) is 2.61. The molecule has 2 rings (SSSR count). The van der Waals surface area contributed by atoms with Crippen LogP contribution in [0.5, 0.6) is 5.75 Å². The number of hydrogen-bond donors (Lipinski definition) is 1. The number of rotatable bonds is 10. The van der Waals surface area contributed by atoms with Gasteiger partial charge in [-0.3, -0.25) is 4.79 Å². The van der Waals surface area contributed by atoms with Gasteiger partial charge in [-0.2, -0.15) is 5.10 Å². The fraction of sp³-hybridized carbons (Fsp3) is 0.364. The Labute approximate surface area is 156 Å². The molecule has 138 valence electrons. The van der Waals surface area contributed by atoms with E-state index in [1.54, 1.807) is 6.07 Å². The number of ether oxygens (including phenoxy) is 1. The maximum atomic E-state index is 12.6. The lowest BCUT2D eigenvalue weighted by Gasteiger charge is -2.11. The SMILES string of the molecule is CCCCCC(=NNC(=O)c1ccccc1OCCC)c1ccccc1. The van der Waals surface area contributed by atoms with Crippen molar-refractivity contribution in [2.45, 2.75) is 46.0 Å². The van der Waals surface area contributed by atoms with Crippen LogP contribution in [0.4, 0.5) is 0 Å². The van der Waals surface area contributed by atoms with Crippen LogP contribution in [-0.4, -0.2) is 18.2 Å². The van der Waals surface area contributed by atoms with E-state index in [0.29, 0.717) is 17.9 Å². The molecule has 4 nitrogen and oxygen atoms in total. The summed E-state index contributed by atoms with van der Waals surface area (Å²) in [6, 6.07) is 17.3. The number of carbonyl (C=O) groups is 1. The molecular formula is C22H28N2O2. The van der Waals surface area contributed by atoms with E-state index in [0.717, 1.165) is 43.4 Å². The Kier molecular flexibility index (Phi) is 8.40. The number of para-hydroxylation sites is 1. The molecule has 0 radical (unpaired) electrons. The first-order valence-corrected chi connectivity index (χ1v) is 9.40. The van der Waals surface area contributed by atoms with Gasteiger partial charge < -0.3 is 4.74 Å². The first-order valence-electron chi connectivity index (χ1n) is 9.40. The van der Waals surface area contributed by atoms with Gasteiger partial charge in [-0.15, -0.1) is 0 Å². The number of hydrazone groups is 1. The summed E-state index contributed by atoms with van der Waals surface area (Å²) >= 11 is 0. The second kappa shape index (κ2) is 11.1. The van der Waals surface area contributed by atoms with Gasteiger partial charge >= 0.3 is 0 Å². The second-order valence-electron chi connectivity index (χ2n) is 6.17. The monoisotopic (exact) mass is 352 g/mol. The number of nitrogens with one attached hydrogen (secondary N) is 1. The lowest BCUT2D eigenvalue weighted by molar-refractivity contribution is 0.0950. The van der Waals surface area contributed by atoms with Gasteiger partial charge in [-0.1, -0.05) is 69.2 Å². The van der Waals surface area contributed by atoms with E-state index in [-0.39, 0.29) is 5.91 Å². The molecule has 0 fully saturated rings. The van der Waals surface area contributed by atoms with Crippen molar-refractivity contribution in [1.82, 2.24) is 5.43 Å². The zero-order valence-corrected chi connectivity index (χ0v) is 15.7. The van der Waals surface area contributed by atoms with Gasteiger partial charge in [0.05, 0.1) is 17.9 Å². The molecule has 0 aliphatic carbocycles. The summed E-state index contributed by atoms with van der Waals surface area (Å²) in [5.74, 6) is 0.343. The molecule has 0 heterocycles. The molecule has 0 saturated heterocycles. The molecule has 0 saturated carbocycles. The third-order valence-electron chi connectivity index (χ3n) is 4.01. The molecule has 26 heavy (non-hydrogen) atoms. The minimum Gasteiger partial charge on any atom is -0.493 e. The molecule has 0 aliphatic heterocycles. The van der Waals surface area contributed by atoms with E-state index in [2.05, 4.69) is 17.5 Å². The molecule has 2 aromatic rings. The van der Waals surface area contributed by atoms with Crippen molar-refractivity contribution in [2.75, 3.05) is 6.61 Å². The van der Waals surface area contributed by atoms with E-state index in [4.69, 9.17) is 4.74 Å². The lowest BCUT2D eigenvalue weighted by Crippen LogP contribution is -2.21. The first kappa shape index (κ1) is 19.7. The van der Waals surface area contributed by atoms with Crippen molar-refractivity contribution >= 4 is 11.6 Å². The number of unbranched alkanes of at least 4 members (excludes halogenated alkanes) is 2. The quantitative estimate of drug-likeness (QED) is 0.363. The topological polar surface area (TPSA) is 50.7 Å². The Morgan fingerprint density at radius 2 is 1.69 bits per heavy atom. The van der Waals surface area contributed by atoms with Crippen molar-refractivity contribution in [3.8, 4) is 5.75 Å². The van der Waals surface area contributed by atoms with Gasteiger partial charge in [0.25, 0.3) is 5.91 Å². The summed E-state index contributed by atoms with van der Waals surface area (Å²) in [5.41, 5.74) is 5.16. The third kappa shape index (κ3) is 6.03. The van der Waals surface area contributed by atoms with Gasteiger partial charge in [0.15, 0.2) is 0 Å². The number of amides is 1. The largest absolute Gasteiger partial charge is 0.493 e. The predicted molar refractivity (Wildman–Crippen MR) is 107 cm³/mol. The highest BCUT2D eigenvalue weighted by atomic mass is 16.5. The van der Waals surface area contributed by atoms with E-state index >= 15 is 0 Å². The summed E-state index contributed by atoms with van der Waals surface area (Å²) in [6.45, 7) is 4.80. The first-order chi connectivity index (χ1) is 12.8. The Hall–Kier alpha value is -2.62. The molecule has 0 bridgehead atoms. The Balaban J connectivity index is 2.14. The lowest BCUT2D eigenvalue weighted by atomic mass is 10.0. The highest BCUT2D eigenvalue weighted by molar-refractivity contribution is 6.02. The van der Waals surface area contributed by atoms with Gasteiger partial charge in [0, 0.05) is 0 Å². The Morgan fingerprint density at radius 3 is 2.42 bits per heavy atom. The van der Waals surface area contributed by atoms with Crippen molar-refractivity contribution in [2.24, 2.45) is 5.10 Å². The van der Waals surface area contributed by atoms with Gasteiger partial charge in [-0.05, 0) is 37.0 Å². The van der Waals surface area contributed by atoms with E-state index in [9.17, 15) is 4.79 Å². The van der Waals surface area contributed by atoms with Gasteiger partial charge in [0.2, 0.25) is 0 Å². The van der Waals surface area contributed by atoms with Crippen molar-refractivity contribution < 1.29 is 9.53 Å². The third-order valence-corrected chi connectivity index (χ3v) is 4.01. The zero-order chi connectivity index (χ0) is 18.6. The molecule has 0 atom stereocenters. The Bertz CT molecular complexity index is 711. The predicted octanol–water partition coefficient (Wildman–Crippen LogP) is 5.19. The van der Waals surface area contributed by atoms with Crippen LogP contribution >= 0.6 is 0 Å². The van der Waals surface area contributed by atoms with E-state index < -0.39 is 0 Å². The zero-order valence-electron chi connectivity index (χ0n) is 15.7. The maximum Gasteiger partial charge on any atom is 0.275 e. The smallest absolute Gasteiger partial charge is 0.275 e. The van der Waals surface area contributed by atoms with Crippen LogP contribution in [0.1, 0.15) is 61.9 Å². The van der Waals surface area contributed by atoms with Crippen molar-refractivity contribution in [3.05, 3.63) is 65.7 Å². The van der Waals surface area contributed by atoms with Crippen LogP contribution in [-0.2, 0) is 0 Å². The standard InChI is InChI=1S/C22H28N2O2/c1-3-5-7-15-20(18-12-8-6-9-13-18)23-24-22(25)19-14-10-11-16-21(19)26-17-4-2/h6,8-14,16H,3-5,7,15,17H2,1-2H3,(H,24,25). The average molecular weight is 352 g/mol. The molecule has 2 aromatic carbocycles. The highest BCUT2D eigenvalue weighted by Gasteiger charge is 2.12. The summed E-state index contributed by atoms with van der Waals surface area (Å²) in [5, 5.41) is 4.43. The average Bonchev–Trinajstić information content (AvgIpc) is 2.69. The summed E-state index contributed by atoms with van der Waals surface area (Å²) in [7, 11) is 0. The van der Waals surface area contributed by atoms with Gasteiger partial charge in [0.1, 0.15) is 5.75 Å². The minimum atomic E-state index is -0.249. The molecule has 0 aromatic heterocycles. The maximum absolute atomic E-state index is 12.6. The Morgan fingerprint density at radius 1 is 0.962 bits per heavy atom. The number of nitrogens with zero attached hydrogens (tertiary/aromatic N) is 1. The molecule has 4 heteroatoms. The van der Waals surface area contributed by atoms with E-state index in [1.807, 2.05) is 55.5 Å². The normalized spacial score (nSPS) is 11.2. The van der Waals surface area contributed by atoms with Crippen molar-refractivity contribution in [3.63, 3.8) is 0 Å². The van der Waals surface area contributed by atoms with Crippen LogP contribution in [0.15, 0.2) is 59.7 Å². The number of carbonyl (C=O) groups excluding carboxylic acids is 1. The number of hydrogen-bond acceptors (Lipinski definition) is 3. The van der Waals surface area contributed by atoms with Crippen LogP contribution in [0, 0.1) is 0 Å². The minimum absolute atomic E-state index is 0.249. The molecule has 1 amide bonds. The summed E-state index contributed by atoms with van der Waals surface area (Å²) in [4.78, 5) is 12.6. The summed E-state index contributed by atoms with van der Waals surface area (Å²) < 4.78 is 5.67. The molecule has 0 spiro atoms. The van der Waals surface area contributed by atoms with Crippen molar-refractivity contribution in [1.29, 1.82) is 0 Å². The fourth-order valence-corrected chi connectivity index (χ4v) is 2.61. The molecule has 0 aliphatic rings. The molecule has 1 N–H and O–H groups in total. The van der Waals surface area contributed by atoms with Crippen LogP contribution in [0.25, 0.3) is 0 Å². The number of benzene rings is 2. The summed E-state index contributed by atoms with van der Waals surface area (Å²) in [6.07, 6.45) is 5.08. The van der Waals surface area contributed by atoms with E-state index in [1.165, 1.54) is 0 Å². The second-order valence-corrected chi connectivity index (χ2v) is 6.17. The molecule has 0 unspecified atom stereocenters. The van der Waals surface area contributed by atoms with Crippen LogP contribution in [0.3, 0.4) is 0 Å². The van der Waals surface area contributed by atoms with Crippen LogP contribution < -0.4 is 10.2 Å². The molecular weight excluding hydrogens is 324 g/mol. The van der Waals surface area contributed by atoms with Crippen LogP contribution in [0.2, 0.25) is 0 Å². The highest BCUT2D eigenvalue weighted by Crippen LogP contribution is 2.18.